The molecule has 0 saturated carbocycles. The highest BCUT2D eigenvalue weighted by Crippen LogP contribution is 2.35. The van der Waals surface area contributed by atoms with Gasteiger partial charge in [0.1, 0.15) is 0 Å². The van der Waals surface area contributed by atoms with E-state index in [-0.39, 0.29) is 0 Å². The van der Waals surface area contributed by atoms with Gasteiger partial charge >= 0.3 is 0 Å². The molecule has 0 fully saturated rings. The van der Waals surface area contributed by atoms with E-state index in [4.69, 9.17) is 0 Å². The second kappa shape index (κ2) is 6.06. The second-order valence-electron chi connectivity index (χ2n) is 6.39. The number of hydrogen-bond acceptors (Lipinski definition) is 0. The first-order chi connectivity index (χ1) is 12.9. The fourth-order valence-corrected chi connectivity index (χ4v) is 3.60. The van der Waals surface area contributed by atoms with Gasteiger partial charge in [-0.3, -0.25) is 0 Å². The minimum absolute atomic E-state index is 1.01. The van der Waals surface area contributed by atoms with Crippen LogP contribution in [-0.2, 0) is 0 Å². The van der Waals surface area contributed by atoms with Crippen LogP contribution in [0.25, 0.3) is 32.3 Å². The van der Waals surface area contributed by atoms with E-state index < -0.39 is 0 Å². The summed E-state index contributed by atoms with van der Waals surface area (Å²) in [6, 6.07) is 34.6. The molecule has 0 aliphatic rings. The lowest BCUT2D eigenvalue weighted by Gasteiger charge is -2.10. The van der Waals surface area contributed by atoms with Gasteiger partial charge in [0, 0.05) is 11.1 Å². The fraction of sp³-hybridized carbons (Fsp3) is 0. The standard InChI is InChI=1S/C26H15/c1-2-8-19(9-3-1)14-15-20-16-17-25-23-12-5-4-10-21(23)22-11-6-7-13-24(22)26(25)18-20/h2-13,16-18H. The Bertz CT molecular complexity index is 1280. The molecule has 0 spiro atoms. The smallest absolute Gasteiger partial charge is 0.0255 e. The minimum atomic E-state index is 1.01. The molecule has 0 unspecified atom stereocenters. The van der Waals surface area contributed by atoms with Crippen LogP contribution in [0.3, 0.4) is 0 Å². The van der Waals surface area contributed by atoms with Crippen LogP contribution in [-0.4, -0.2) is 0 Å². The van der Waals surface area contributed by atoms with Gasteiger partial charge in [-0.1, -0.05) is 78.6 Å². The van der Waals surface area contributed by atoms with Crippen LogP contribution in [0.15, 0.2) is 91.0 Å². The molecule has 5 aromatic carbocycles. The Balaban J connectivity index is 1.80. The molecular formula is C26H15. The molecule has 0 N–H and O–H groups in total. The van der Waals surface area contributed by atoms with Crippen LogP contribution in [0.1, 0.15) is 11.1 Å². The van der Waals surface area contributed by atoms with E-state index in [0.717, 1.165) is 11.1 Å². The molecule has 0 heterocycles. The van der Waals surface area contributed by atoms with Gasteiger partial charge < -0.3 is 0 Å². The van der Waals surface area contributed by atoms with Crippen LogP contribution >= 0.6 is 0 Å². The van der Waals surface area contributed by atoms with Gasteiger partial charge in [0.05, 0.1) is 0 Å². The Kier molecular flexibility index (Phi) is 3.44. The highest BCUT2D eigenvalue weighted by Gasteiger charge is 2.07. The predicted molar refractivity (Wildman–Crippen MR) is 110 cm³/mol. The van der Waals surface area contributed by atoms with Crippen LogP contribution in [0.5, 0.6) is 0 Å². The molecule has 5 rings (SSSR count). The minimum Gasteiger partial charge on any atom is -0.0617 e. The zero-order chi connectivity index (χ0) is 17.3. The maximum Gasteiger partial charge on any atom is 0.0255 e. The Morgan fingerprint density at radius 1 is 0.462 bits per heavy atom. The number of fused-ring (bicyclic) bond motifs is 6. The normalized spacial score (nSPS) is 10.8. The van der Waals surface area contributed by atoms with Crippen molar-refractivity contribution >= 4 is 32.3 Å². The van der Waals surface area contributed by atoms with Crippen molar-refractivity contribution in [2.45, 2.75) is 0 Å². The van der Waals surface area contributed by atoms with E-state index in [1.54, 1.807) is 0 Å². The molecule has 0 aliphatic heterocycles. The third-order valence-electron chi connectivity index (χ3n) is 4.81. The van der Waals surface area contributed by atoms with Crippen molar-refractivity contribution in [1.29, 1.82) is 0 Å². The summed E-state index contributed by atoms with van der Waals surface area (Å²) < 4.78 is 0. The van der Waals surface area contributed by atoms with Crippen LogP contribution < -0.4 is 0 Å². The summed E-state index contributed by atoms with van der Waals surface area (Å²) in [6.07, 6.45) is 0. The first-order valence-corrected chi connectivity index (χ1v) is 8.71. The van der Waals surface area contributed by atoms with Crippen molar-refractivity contribution in [3.8, 4) is 11.8 Å². The Hall–Kier alpha value is -3.56. The van der Waals surface area contributed by atoms with Crippen molar-refractivity contribution in [1.82, 2.24) is 0 Å². The fourth-order valence-electron chi connectivity index (χ4n) is 3.60. The van der Waals surface area contributed by atoms with E-state index >= 15 is 0 Å². The first kappa shape index (κ1) is 14.8. The molecule has 0 amide bonds. The van der Waals surface area contributed by atoms with Crippen molar-refractivity contribution in [3.63, 3.8) is 0 Å². The summed E-state index contributed by atoms with van der Waals surface area (Å²) in [4.78, 5) is 0. The Labute approximate surface area is 152 Å². The molecule has 5 aromatic rings. The first-order valence-electron chi connectivity index (χ1n) is 8.71. The van der Waals surface area contributed by atoms with Crippen molar-refractivity contribution in [3.05, 3.63) is 108 Å². The molecule has 26 heavy (non-hydrogen) atoms. The Morgan fingerprint density at radius 2 is 0.962 bits per heavy atom. The van der Waals surface area contributed by atoms with E-state index in [1.165, 1.54) is 32.3 Å². The maximum atomic E-state index is 3.30. The lowest BCUT2D eigenvalue weighted by atomic mass is 9.93. The maximum absolute atomic E-state index is 3.30. The quantitative estimate of drug-likeness (QED) is 0.230. The predicted octanol–water partition coefficient (Wildman–Crippen LogP) is 6.35. The molecule has 0 nitrogen and oxygen atoms in total. The average Bonchev–Trinajstić information content (AvgIpc) is 2.73. The molecule has 0 atom stereocenters. The van der Waals surface area contributed by atoms with Crippen LogP contribution in [0, 0.1) is 17.9 Å². The molecule has 0 saturated heterocycles. The SMILES string of the molecule is C(#Cc1ccc2c3ccccc3c3ccccc3c2c1)c1cc[c]cc1. The third-order valence-corrected chi connectivity index (χ3v) is 4.81. The lowest BCUT2D eigenvalue weighted by Crippen LogP contribution is -1.84. The number of benzene rings is 5. The van der Waals surface area contributed by atoms with Gasteiger partial charge in [-0.15, -0.1) is 0 Å². The molecular weight excluding hydrogens is 312 g/mol. The van der Waals surface area contributed by atoms with Crippen molar-refractivity contribution in [2.75, 3.05) is 0 Å². The van der Waals surface area contributed by atoms with Crippen molar-refractivity contribution < 1.29 is 0 Å². The molecule has 0 aliphatic carbocycles. The Morgan fingerprint density at radius 3 is 1.58 bits per heavy atom. The summed E-state index contributed by atoms with van der Waals surface area (Å²) in [5.74, 6) is 6.54. The number of rotatable bonds is 0. The van der Waals surface area contributed by atoms with E-state index in [9.17, 15) is 0 Å². The van der Waals surface area contributed by atoms with Gasteiger partial charge in [0.25, 0.3) is 0 Å². The zero-order valence-electron chi connectivity index (χ0n) is 14.2. The molecule has 0 heteroatoms. The summed E-state index contributed by atoms with van der Waals surface area (Å²) in [6.45, 7) is 0. The molecule has 119 valence electrons. The monoisotopic (exact) mass is 327 g/mol. The molecule has 0 aromatic heterocycles. The summed E-state index contributed by atoms with van der Waals surface area (Å²) >= 11 is 0. The van der Waals surface area contributed by atoms with Gasteiger partial charge in [0.15, 0.2) is 0 Å². The van der Waals surface area contributed by atoms with Crippen LogP contribution in [0.2, 0.25) is 0 Å². The van der Waals surface area contributed by atoms with Crippen LogP contribution in [0.4, 0.5) is 0 Å². The van der Waals surface area contributed by atoms with E-state index in [2.05, 4.69) is 84.6 Å². The number of hydrogen-bond donors (Lipinski definition) is 0. The van der Waals surface area contributed by atoms with E-state index in [0.29, 0.717) is 0 Å². The molecule has 1 radical (unpaired) electrons. The van der Waals surface area contributed by atoms with Gasteiger partial charge in [-0.05, 0) is 62.6 Å². The van der Waals surface area contributed by atoms with Gasteiger partial charge in [-0.25, -0.2) is 0 Å². The largest absolute Gasteiger partial charge is 0.0617 e. The van der Waals surface area contributed by atoms with Crippen molar-refractivity contribution in [2.24, 2.45) is 0 Å². The van der Waals surface area contributed by atoms with Gasteiger partial charge in [0.2, 0.25) is 0 Å². The highest BCUT2D eigenvalue weighted by atomic mass is 14.1. The second-order valence-corrected chi connectivity index (χ2v) is 6.39. The molecule has 0 bridgehead atoms. The summed E-state index contributed by atoms with van der Waals surface area (Å²) in [5.41, 5.74) is 2.04. The van der Waals surface area contributed by atoms with Gasteiger partial charge in [-0.2, -0.15) is 0 Å². The average molecular weight is 327 g/mol. The van der Waals surface area contributed by atoms with E-state index in [1.807, 2.05) is 24.3 Å². The topological polar surface area (TPSA) is 0 Å². The highest BCUT2D eigenvalue weighted by molar-refractivity contribution is 6.25. The third kappa shape index (κ3) is 2.42. The zero-order valence-corrected chi connectivity index (χ0v) is 14.2. The summed E-state index contributed by atoms with van der Waals surface area (Å²) in [7, 11) is 0. The lowest BCUT2D eigenvalue weighted by molar-refractivity contribution is 1.63. The summed E-state index contributed by atoms with van der Waals surface area (Å²) in [5, 5.41) is 7.69.